The molecule has 18 heavy (non-hydrogen) atoms. The van der Waals surface area contributed by atoms with Crippen LogP contribution in [-0.4, -0.2) is 20.6 Å². The molecule has 0 aliphatic rings. The number of carboxylic acids is 1. The summed E-state index contributed by atoms with van der Waals surface area (Å²) in [6, 6.07) is 7.36. The molecule has 2 aromatic rings. The van der Waals surface area contributed by atoms with Crippen molar-refractivity contribution < 1.29 is 9.90 Å². The van der Waals surface area contributed by atoms with Crippen LogP contribution >= 0.6 is 24.0 Å². The van der Waals surface area contributed by atoms with E-state index in [0.717, 1.165) is 11.3 Å². The maximum atomic E-state index is 10.4. The van der Waals surface area contributed by atoms with Crippen LogP contribution in [0.25, 0.3) is 11.3 Å². The van der Waals surface area contributed by atoms with Crippen molar-refractivity contribution in [3.63, 3.8) is 0 Å². The molecule has 0 spiro atoms. The van der Waals surface area contributed by atoms with E-state index >= 15 is 0 Å². The molecule has 0 atom stereocenters. The van der Waals surface area contributed by atoms with Gasteiger partial charge in [0.25, 0.3) is 0 Å². The number of imidazole rings is 1. The number of carbonyl (C=O) groups is 1. The zero-order chi connectivity index (χ0) is 12.3. The molecule has 0 aliphatic carbocycles. The van der Waals surface area contributed by atoms with E-state index in [-0.39, 0.29) is 18.8 Å². The molecule has 0 saturated heterocycles. The topological polar surface area (TPSA) is 55.1 Å². The average Bonchev–Trinajstić information content (AvgIpc) is 2.76. The zero-order valence-electron chi connectivity index (χ0n) is 9.41. The fourth-order valence-corrected chi connectivity index (χ4v) is 1.60. The van der Waals surface area contributed by atoms with Gasteiger partial charge in [0, 0.05) is 23.3 Å². The van der Waals surface area contributed by atoms with Crippen molar-refractivity contribution >= 4 is 30.0 Å². The third kappa shape index (κ3) is 3.75. The van der Waals surface area contributed by atoms with Crippen LogP contribution in [0, 0.1) is 0 Å². The van der Waals surface area contributed by atoms with E-state index in [0.29, 0.717) is 11.6 Å². The summed E-state index contributed by atoms with van der Waals surface area (Å²) in [7, 11) is 0. The Labute approximate surface area is 116 Å². The van der Waals surface area contributed by atoms with Crippen LogP contribution in [0.1, 0.15) is 6.42 Å². The monoisotopic (exact) mass is 286 g/mol. The number of aliphatic carboxylic acids is 1. The summed E-state index contributed by atoms with van der Waals surface area (Å²) in [5, 5.41) is 9.26. The van der Waals surface area contributed by atoms with Crippen LogP contribution in [0.2, 0.25) is 5.02 Å². The van der Waals surface area contributed by atoms with E-state index in [9.17, 15) is 4.79 Å². The second kappa shape index (κ2) is 6.42. The molecule has 1 heterocycles. The Kier molecular flexibility index (Phi) is 5.19. The fourth-order valence-electron chi connectivity index (χ4n) is 1.48. The summed E-state index contributed by atoms with van der Waals surface area (Å²) in [4.78, 5) is 14.7. The zero-order valence-corrected chi connectivity index (χ0v) is 11.0. The molecule has 0 fully saturated rings. The van der Waals surface area contributed by atoms with Gasteiger partial charge in [-0.1, -0.05) is 23.7 Å². The Morgan fingerprint density at radius 1 is 1.33 bits per heavy atom. The van der Waals surface area contributed by atoms with Gasteiger partial charge in [0.1, 0.15) is 0 Å². The number of halogens is 2. The van der Waals surface area contributed by atoms with Gasteiger partial charge in [0.15, 0.2) is 0 Å². The smallest absolute Gasteiger partial charge is 0.305 e. The van der Waals surface area contributed by atoms with E-state index in [4.69, 9.17) is 16.7 Å². The highest BCUT2D eigenvalue weighted by molar-refractivity contribution is 6.30. The van der Waals surface area contributed by atoms with Crippen molar-refractivity contribution in [1.29, 1.82) is 0 Å². The minimum absolute atomic E-state index is 0. The first-order valence-corrected chi connectivity index (χ1v) is 5.52. The maximum Gasteiger partial charge on any atom is 0.305 e. The van der Waals surface area contributed by atoms with Crippen molar-refractivity contribution in [2.45, 2.75) is 13.0 Å². The van der Waals surface area contributed by atoms with Crippen LogP contribution in [0.5, 0.6) is 0 Å². The third-order valence-electron chi connectivity index (χ3n) is 2.36. The number of nitrogens with zero attached hydrogens (tertiary/aromatic N) is 2. The molecule has 0 bridgehead atoms. The van der Waals surface area contributed by atoms with Crippen LogP contribution < -0.4 is 0 Å². The maximum absolute atomic E-state index is 10.4. The number of aromatic nitrogens is 2. The highest BCUT2D eigenvalue weighted by Gasteiger charge is 2.03. The Bertz CT molecular complexity index is 523. The van der Waals surface area contributed by atoms with Gasteiger partial charge in [-0.2, -0.15) is 0 Å². The van der Waals surface area contributed by atoms with E-state index in [1.807, 2.05) is 18.3 Å². The molecule has 1 N–H and O–H groups in total. The second-order valence-electron chi connectivity index (χ2n) is 3.65. The summed E-state index contributed by atoms with van der Waals surface area (Å²) < 4.78 is 1.76. The summed E-state index contributed by atoms with van der Waals surface area (Å²) in [6.07, 6.45) is 3.55. The number of carboxylic acid groups (broad SMARTS) is 1. The molecule has 6 heteroatoms. The summed E-state index contributed by atoms with van der Waals surface area (Å²) in [5.41, 5.74) is 1.77. The third-order valence-corrected chi connectivity index (χ3v) is 2.61. The molecule has 0 amide bonds. The molecule has 0 unspecified atom stereocenters. The molecule has 0 radical (unpaired) electrons. The lowest BCUT2D eigenvalue weighted by atomic mass is 10.2. The number of benzene rings is 1. The first-order valence-electron chi connectivity index (χ1n) is 5.14. The van der Waals surface area contributed by atoms with Crippen molar-refractivity contribution in [3.8, 4) is 11.3 Å². The number of hydrogen-bond acceptors (Lipinski definition) is 2. The van der Waals surface area contributed by atoms with Gasteiger partial charge < -0.3 is 9.67 Å². The standard InChI is InChI=1S/C12H11ClN2O2.ClH/c13-10-3-1-9(2-4-10)11-7-15(8-14-11)6-5-12(16)17;/h1-4,7-8H,5-6H2,(H,16,17);1H. The second-order valence-corrected chi connectivity index (χ2v) is 4.08. The number of hydrogen-bond donors (Lipinski definition) is 1. The van der Waals surface area contributed by atoms with Gasteiger partial charge in [-0.15, -0.1) is 12.4 Å². The van der Waals surface area contributed by atoms with Crippen LogP contribution in [0.4, 0.5) is 0 Å². The van der Waals surface area contributed by atoms with Crippen molar-refractivity contribution in [1.82, 2.24) is 9.55 Å². The fraction of sp³-hybridized carbons (Fsp3) is 0.167. The molecule has 1 aromatic carbocycles. The Morgan fingerprint density at radius 3 is 2.61 bits per heavy atom. The van der Waals surface area contributed by atoms with Gasteiger partial charge in [0.2, 0.25) is 0 Å². The predicted octanol–water partition coefficient (Wildman–Crippen LogP) is 3.10. The van der Waals surface area contributed by atoms with Crippen LogP contribution in [0.3, 0.4) is 0 Å². The van der Waals surface area contributed by atoms with Gasteiger partial charge in [-0.25, -0.2) is 4.98 Å². The molecule has 4 nitrogen and oxygen atoms in total. The lowest BCUT2D eigenvalue weighted by Crippen LogP contribution is -2.02. The average molecular weight is 287 g/mol. The van der Waals surface area contributed by atoms with Crippen molar-refractivity contribution in [2.24, 2.45) is 0 Å². The van der Waals surface area contributed by atoms with E-state index in [1.54, 1.807) is 23.0 Å². The van der Waals surface area contributed by atoms with Crippen molar-refractivity contribution in [2.75, 3.05) is 0 Å². The molecular formula is C12H12Cl2N2O2. The highest BCUT2D eigenvalue weighted by Crippen LogP contribution is 2.19. The lowest BCUT2D eigenvalue weighted by molar-refractivity contribution is -0.137. The molecule has 0 saturated carbocycles. The van der Waals surface area contributed by atoms with Gasteiger partial charge in [-0.05, 0) is 12.1 Å². The number of rotatable bonds is 4. The number of aryl methyl sites for hydroxylation is 1. The SMILES string of the molecule is Cl.O=C(O)CCn1cnc(-c2ccc(Cl)cc2)c1. The summed E-state index contributed by atoms with van der Waals surface area (Å²) >= 11 is 5.80. The summed E-state index contributed by atoms with van der Waals surface area (Å²) in [5.74, 6) is -0.813. The van der Waals surface area contributed by atoms with Gasteiger partial charge >= 0.3 is 5.97 Å². The Hall–Kier alpha value is -1.52. The van der Waals surface area contributed by atoms with E-state index in [1.165, 1.54) is 0 Å². The van der Waals surface area contributed by atoms with E-state index in [2.05, 4.69) is 4.98 Å². The van der Waals surface area contributed by atoms with Crippen LogP contribution in [0.15, 0.2) is 36.8 Å². The Balaban J connectivity index is 0.00000162. The molecule has 1 aromatic heterocycles. The molecule has 2 rings (SSSR count). The first kappa shape index (κ1) is 14.5. The predicted molar refractivity (Wildman–Crippen MR) is 72.2 cm³/mol. The minimum atomic E-state index is -0.813. The highest BCUT2D eigenvalue weighted by atomic mass is 35.5. The van der Waals surface area contributed by atoms with Gasteiger partial charge in [0.05, 0.1) is 18.4 Å². The molecular weight excluding hydrogens is 275 g/mol. The molecule has 0 aliphatic heterocycles. The largest absolute Gasteiger partial charge is 0.481 e. The van der Waals surface area contributed by atoms with Crippen molar-refractivity contribution in [3.05, 3.63) is 41.8 Å². The normalized spacial score (nSPS) is 9.83. The minimum Gasteiger partial charge on any atom is -0.481 e. The van der Waals surface area contributed by atoms with E-state index < -0.39 is 5.97 Å². The quantitative estimate of drug-likeness (QED) is 0.940. The first-order chi connectivity index (χ1) is 8.15. The summed E-state index contributed by atoms with van der Waals surface area (Å²) in [6.45, 7) is 0.427. The molecule has 96 valence electrons. The van der Waals surface area contributed by atoms with Gasteiger partial charge in [-0.3, -0.25) is 4.79 Å². The lowest BCUT2D eigenvalue weighted by Gasteiger charge is -1.98. The van der Waals surface area contributed by atoms with Crippen LogP contribution in [-0.2, 0) is 11.3 Å². The Morgan fingerprint density at radius 2 is 2.00 bits per heavy atom.